The summed E-state index contributed by atoms with van der Waals surface area (Å²) in [6.07, 6.45) is 1.64. The molecule has 0 aliphatic rings. The molecule has 2 heterocycles. The lowest BCUT2D eigenvalue weighted by atomic mass is 10.2. The van der Waals surface area contributed by atoms with Crippen molar-refractivity contribution in [2.75, 3.05) is 20.6 Å². The molecule has 1 amide bonds. The molecule has 1 atom stereocenters. The quantitative estimate of drug-likeness (QED) is 0.876. The lowest BCUT2D eigenvalue weighted by Gasteiger charge is -2.22. The van der Waals surface area contributed by atoms with E-state index in [1.165, 1.54) is 0 Å². The van der Waals surface area contributed by atoms with Crippen LogP contribution in [-0.2, 0) is 11.3 Å². The Morgan fingerprint density at radius 2 is 2.24 bits per heavy atom. The monoisotopic (exact) mass is 290 g/mol. The highest BCUT2D eigenvalue weighted by Crippen LogP contribution is 2.17. The van der Waals surface area contributed by atoms with E-state index in [0.717, 1.165) is 17.1 Å². The minimum absolute atomic E-state index is 0.0180. The van der Waals surface area contributed by atoms with Crippen molar-refractivity contribution < 1.29 is 9.21 Å². The van der Waals surface area contributed by atoms with Gasteiger partial charge >= 0.3 is 0 Å². The number of nitrogens with zero attached hydrogens (tertiary/aromatic N) is 3. The molecule has 0 saturated carbocycles. The molecule has 6 nitrogen and oxygen atoms in total. The van der Waals surface area contributed by atoms with Crippen LogP contribution >= 0.6 is 0 Å². The van der Waals surface area contributed by atoms with Crippen LogP contribution in [0.1, 0.15) is 23.2 Å². The summed E-state index contributed by atoms with van der Waals surface area (Å²) in [5.41, 5.74) is 1.90. The Hall–Kier alpha value is -2.08. The maximum atomic E-state index is 12.0. The van der Waals surface area contributed by atoms with Crippen molar-refractivity contribution in [2.45, 2.75) is 26.4 Å². The number of hydrogen-bond donors (Lipinski definition) is 1. The SMILES string of the molecule is Cc1cc(C)n(CC(=O)NC[C@H](c2ccco2)N(C)C)n1. The summed E-state index contributed by atoms with van der Waals surface area (Å²) in [5, 5.41) is 7.23. The number of nitrogens with one attached hydrogen (secondary N) is 1. The van der Waals surface area contributed by atoms with Crippen LogP contribution in [0, 0.1) is 13.8 Å². The van der Waals surface area contributed by atoms with E-state index in [2.05, 4.69) is 10.4 Å². The number of rotatable bonds is 6. The molecule has 2 aromatic rings. The van der Waals surface area contributed by atoms with E-state index in [0.29, 0.717) is 6.54 Å². The first kappa shape index (κ1) is 15.3. The van der Waals surface area contributed by atoms with Crippen molar-refractivity contribution in [3.8, 4) is 0 Å². The zero-order valence-corrected chi connectivity index (χ0v) is 13.0. The van der Waals surface area contributed by atoms with Gasteiger partial charge in [0.05, 0.1) is 18.0 Å². The van der Waals surface area contributed by atoms with E-state index in [4.69, 9.17) is 4.42 Å². The summed E-state index contributed by atoms with van der Waals surface area (Å²) in [6.45, 7) is 4.59. The normalized spacial score (nSPS) is 12.6. The van der Waals surface area contributed by atoms with Crippen LogP contribution in [0.5, 0.6) is 0 Å². The van der Waals surface area contributed by atoms with Crippen LogP contribution in [0.2, 0.25) is 0 Å². The van der Waals surface area contributed by atoms with Crippen molar-refractivity contribution in [2.24, 2.45) is 0 Å². The molecule has 114 valence electrons. The average Bonchev–Trinajstić information content (AvgIpc) is 3.00. The van der Waals surface area contributed by atoms with Gasteiger partial charge in [-0.25, -0.2) is 0 Å². The molecule has 0 unspecified atom stereocenters. The number of aromatic nitrogens is 2. The number of likely N-dealkylation sites (N-methyl/N-ethyl adjacent to an activating group) is 1. The van der Waals surface area contributed by atoms with Gasteiger partial charge in [-0.1, -0.05) is 0 Å². The van der Waals surface area contributed by atoms with Crippen LogP contribution in [0.25, 0.3) is 0 Å². The fourth-order valence-corrected chi connectivity index (χ4v) is 2.26. The lowest BCUT2D eigenvalue weighted by molar-refractivity contribution is -0.122. The Morgan fingerprint density at radius 1 is 1.48 bits per heavy atom. The minimum Gasteiger partial charge on any atom is -0.468 e. The Kier molecular flexibility index (Phi) is 4.80. The number of hydrogen-bond acceptors (Lipinski definition) is 4. The van der Waals surface area contributed by atoms with Crippen LogP contribution in [0.15, 0.2) is 28.9 Å². The first-order chi connectivity index (χ1) is 9.97. The summed E-state index contributed by atoms with van der Waals surface area (Å²) < 4.78 is 7.13. The van der Waals surface area contributed by atoms with E-state index in [9.17, 15) is 4.79 Å². The van der Waals surface area contributed by atoms with Gasteiger partial charge in [0, 0.05) is 12.2 Å². The molecular weight excluding hydrogens is 268 g/mol. The molecule has 6 heteroatoms. The molecular formula is C15H22N4O2. The Balaban J connectivity index is 1.92. The second-order valence-electron chi connectivity index (χ2n) is 5.38. The third-order valence-electron chi connectivity index (χ3n) is 3.38. The van der Waals surface area contributed by atoms with Crippen LogP contribution in [-0.4, -0.2) is 41.2 Å². The highest BCUT2D eigenvalue weighted by molar-refractivity contribution is 5.75. The summed E-state index contributed by atoms with van der Waals surface area (Å²) >= 11 is 0. The molecule has 0 aliphatic heterocycles. The van der Waals surface area contributed by atoms with Gasteiger partial charge in [-0.2, -0.15) is 5.10 Å². The second kappa shape index (κ2) is 6.58. The maximum Gasteiger partial charge on any atom is 0.241 e. The highest BCUT2D eigenvalue weighted by Gasteiger charge is 2.18. The first-order valence-corrected chi connectivity index (χ1v) is 6.95. The predicted octanol–water partition coefficient (Wildman–Crippen LogP) is 1.51. The fraction of sp³-hybridized carbons (Fsp3) is 0.467. The molecule has 21 heavy (non-hydrogen) atoms. The minimum atomic E-state index is -0.0559. The van der Waals surface area contributed by atoms with Gasteiger partial charge in [0.25, 0.3) is 0 Å². The van der Waals surface area contributed by atoms with Crippen LogP contribution < -0.4 is 5.32 Å². The number of aryl methyl sites for hydroxylation is 2. The molecule has 0 saturated heterocycles. The summed E-state index contributed by atoms with van der Waals surface area (Å²) in [6, 6.07) is 5.74. The van der Waals surface area contributed by atoms with Gasteiger partial charge in [-0.05, 0) is 46.1 Å². The fourth-order valence-electron chi connectivity index (χ4n) is 2.26. The van der Waals surface area contributed by atoms with Gasteiger partial charge in [0.1, 0.15) is 12.3 Å². The van der Waals surface area contributed by atoms with Gasteiger partial charge in [-0.15, -0.1) is 0 Å². The van der Waals surface area contributed by atoms with E-state index in [1.807, 2.05) is 51.0 Å². The predicted molar refractivity (Wildman–Crippen MR) is 79.8 cm³/mol. The van der Waals surface area contributed by atoms with Gasteiger partial charge < -0.3 is 9.73 Å². The van der Waals surface area contributed by atoms with Crippen LogP contribution in [0.4, 0.5) is 0 Å². The maximum absolute atomic E-state index is 12.0. The standard InChI is InChI=1S/C15H22N4O2/c1-11-8-12(2)19(17-11)10-15(20)16-9-13(18(3)4)14-6-5-7-21-14/h5-8,13H,9-10H2,1-4H3,(H,16,20)/t13-/m1/s1. The largest absolute Gasteiger partial charge is 0.468 e. The Morgan fingerprint density at radius 3 is 2.76 bits per heavy atom. The summed E-state index contributed by atoms with van der Waals surface area (Å²) in [5.74, 6) is 0.783. The molecule has 0 bridgehead atoms. The molecule has 0 aromatic carbocycles. The molecule has 1 N–H and O–H groups in total. The molecule has 0 fully saturated rings. The number of amides is 1. The first-order valence-electron chi connectivity index (χ1n) is 6.95. The third-order valence-corrected chi connectivity index (χ3v) is 3.38. The Bertz CT molecular complexity index is 587. The van der Waals surface area contributed by atoms with Crippen molar-refractivity contribution in [3.05, 3.63) is 41.6 Å². The average molecular weight is 290 g/mol. The van der Waals surface area contributed by atoms with Gasteiger partial charge in [-0.3, -0.25) is 14.4 Å². The second-order valence-corrected chi connectivity index (χ2v) is 5.38. The van der Waals surface area contributed by atoms with Gasteiger partial charge in [0.2, 0.25) is 5.91 Å². The molecule has 0 radical (unpaired) electrons. The van der Waals surface area contributed by atoms with Crippen molar-refractivity contribution in [3.63, 3.8) is 0 Å². The van der Waals surface area contributed by atoms with E-state index < -0.39 is 0 Å². The zero-order chi connectivity index (χ0) is 15.4. The zero-order valence-electron chi connectivity index (χ0n) is 13.0. The number of carbonyl (C=O) groups excluding carboxylic acids is 1. The van der Waals surface area contributed by atoms with Crippen LogP contribution in [0.3, 0.4) is 0 Å². The van der Waals surface area contributed by atoms with E-state index in [-0.39, 0.29) is 18.5 Å². The van der Waals surface area contributed by atoms with E-state index in [1.54, 1.807) is 10.9 Å². The van der Waals surface area contributed by atoms with Crippen molar-refractivity contribution >= 4 is 5.91 Å². The van der Waals surface area contributed by atoms with E-state index >= 15 is 0 Å². The third kappa shape index (κ3) is 3.95. The van der Waals surface area contributed by atoms with Crippen molar-refractivity contribution in [1.29, 1.82) is 0 Å². The Labute approximate surface area is 124 Å². The van der Waals surface area contributed by atoms with Gasteiger partial charge in [0.15, 0.2) is 0 Å². The lowest BCUT2D eigenvalue weighted by Crippen LogP contribution is -2.36. The molecule has 0 spiro atoms. The topological polar surface area (TPSA) is 63.3 Å². The highest BCUT2D eigenvalue weighted by atomic mass is 16.3. The summed E-state index contributed by atoms with van der Waals surface area (Å²) in [7, 11) is 3.92. The smallest absolute Gasteiger partial charge is 0.241 e. The summed E-state index contributed by atoms with van der Waals surface area (Å²) in [4.78, 5) is 14.1. The number of carbonyl (C=O) groups is 1. The number of furan rings is 1. The molecule has 2 rings (SSSR count). The molecule has 0 aliphatic carbocycles. The molecule has 2 aromatic heterocycles. The van der Waals surface area contributed by atoms with Crippen molar-refractivity contribution in [1.82, 2.24) is 20.0 Å².